The Morgan fingerprint density at radius 2 is 1.91 bits per heavy atom. The number of hydrogen-bond donors (Lipinski definition) is 1. The van der Waals surface area contributed by atoms with Crippen molar-refractivity contribution in [1.82, 2.24) is 0 Å². The van der Waals surface area contributed by atoms with Crippen LogP contribution in [0.2, 0.25) is 0 Å². The molecule has 0 aliphatic carbocycles. The Labute approximate surface area is 137 Å². The van der Waals surface area contributed by atoms with E-state index in [0.717, 1.165) is 7.11 Å². The second-order valence-corrected chi connectivity index (χ2v) is 6.39. The van der Waals surface area contributed by atoms with E-state index in [1.54, 1.807) is 0 Å². The van der Waals surface area contributed by atoms with E-state index >= 15 is 0 Å². The predicted octanol–water partition coefficient (Wildman–Crippen LogP) is 0.528. The Morgan fingerprint density at radius 1 is 1.39 bits per heavy atom. The SMILES string of the molecule is C=CC(=O)OCCc1ccccc1C(C)(C)[NH3+].COS(=O)(=O)[O-]. The molecule has 0 saturated heterocycles. The second-order valence-electron chi connectivity index (χ2n) is 5.24. The minimum absolute atomic E-state index is 0.140. The summed E-state index contributed by atoms with van der Waals surface area (Å²) < 4.78 is 36.0. The van der Waals surface area contributed by atoms with Gasteiger partial charge in [-0.1, -0.05) is 30.8 Å². The fourth-order valence-corrected chi connectivity index (χ4v) is 1.72. The lowest BCUT2D eigenvalue weighted by Crippen LogP contribution is -2.66. The van der Waals surface area contributed by atoms with Crippen molar-refractivity contribution in [1.29, 1.82) is 0 Å². The van der Waals surface area contributed by atoms with Gasteiger partial charge >= 0.3 is 5.97 Å². The second kappa shape index (κ2) is 9.41. The maximum absolute atomic E-state index is 10.9. The van der Waals surface area contributed by atoms with Gasteiger partial charge in [0.15, 0.2) is 0 Å². The predicted molar refractivity (Wildman–Crippen MR) is 83.9 cm³/mol. The molecule has 3 N–H and O–H groups in total. The van der Waals surface area contributed by atoms with Crippen molar-refractivity contribution in [2.75, 3.05) is 13.7 Å². The molecule has 0 aromatic heterocycles. The zero-order valence-corrected chi connectivity index (χ0v) is 14.4. The Hall–Kier alpha value is -1.74. The number of ether oxygens (including phenoxy) is 1. The zero-order valence-electron chi connectivity index (χ0n) is 13.6. The van der Waals surface area contributed by atoms with Crippen LogP contribution in [0.5, 0.6) is 0 Å². The van der Waals surface area contributed by atoms with Gasteiger partial charge in [-0.05, 0) is 19.4 Å². The molecule has 0 spiro atoms. The highest BCUT2D eigenvalue weighted by atomic mass is 32.3. The summed E-state index contributed by atoms with van der Waals surface area (Å²) in [6, 6.07) is 8.10. The quantitative estimate of drug-likeness (QED) is 0.347. The first-order valence-corrected chi connectivity index (χ1v) is 8.09. The first-order chi connectivity index (χ1) is 10.5. The highest BCUT2D eigenvalue weighted by molar-refractivity contribution is 7.80. The van der Waals surface area contributed by atoms with E-state index in [2.05, 4.69) is 36.4 Å². The van der Waals surface area contributed by atoms with Crippen LogP contribution in [-0.4, -0.2) is 32.7 Å². The Morgan fingerprint density at radius 3 is 2.35 bits per heavy atom. The van der Waals surface area contributed by atoms with E-state index in [4.69, 9.17) is 4.74 Å². The summed E-state index contributed by atoms with van der Waals surface area (Å²) in [5.74, 6) is -0.378. The lowest BCUT2D eigenvalue weighted by Gasteiger charge is -2.19. The number of esters is 1. The van der Waals surface area contributed by atoms with Gasteiger partial charge in [0.1, 0.15) is 5.54 Å². The molecule has 1 aromatic rings. The molecule has 0 heterocycles. The fourth-order valence-electron chi connectivity index (χ4n) is 1.72. The van der Waals surface area contributed by atoms with Crippen LogP contribution < -0.4 is 5.73 Å². The molecule has 0 bridgehead atoms. The summed E-state index contributed by atoms with van der Waals surface area (Å²) in [6.07, 6.45) is 1.88. The summed E-state index contributed by atoms with van der Waals surface area (Å²) >= 11 is 0. The fraction of sp³-hybridized carbons (Fsp3) is 0.400. The smallest absolute Gasteiger partial charge is 0.330 e. The number of rotatable bonds is 6. The summed E-state index contributed by atoms with van der Waals surface area (Å²) in [4.78, 5) is 10.9. The molecular weight excluding hydrogens is 322 g/mol. The lowest BCUT2D eigenvalue weighted by atomic mass is 9.90. The van der Waals surface area contributed by atoms with Crippen LogP contribution in [0, 0.1) is 0 Å². The van der Waals surface area contributed by atoms with Gasteiger partial charge in [0.05, 0.1) is 13.7 Å². The molecule has 1 aromatic carbocycles. The molecule has 0 fully saturated rings. The van der Waals surface area contributed by atoms with E-state index in [9.17, 15) is 17.8 Å². The van der Waals surface area contributed by atoms with Gasteiger partial charge in [-0.25, -0.2) is 13.2 Å². The first-order valence-electron chi connectivity index (χ1n) is 6.75. The van der Waals surface area contributed by atoms with Crippen LogP contribution in [0.3, 0.4) is 0 Å². The minimum atomic E-state index is -4.41. The molecule has 0 aliphatic rings. The largest absolute Gasteiger partial charge is 0.726 e. The number of benzene rings is 1. The van der Waals surface area contributed by atoms with Gasteiger partial charge in [0.2, 0.25) is 10.4 Å². The number of hydrogen-bond acceptors (Lipinski definition) is 6. The summed E-state index contributed by atoms with van der Waals surface area (Å²) in [5, 5.41) is 0. The van der Waals surface area contributed by atoms with Crippen LogP contribution >= 0.6 is 0 Å². The standard InChI is InChI=1S/C14H19NO2.CH4O4S/c1-4-13(16)17-10-9-11-7-5-6-8-12(11)14(2,3)15;1-5-6(2,3)4/h4-8H,1,9-10,15H2,2-3H3;1H3,(H,2,3,4). The zero-order chi connectivity index (χ0) is 18.1. The maximum atomic E-state index is 10.9. The molecule has 8 heteroatoms. The Bertz CT molecular complexity index is 619. The van der Waals surface area contributed by atoms with Crippen molar-refractivity contribution in [2.45, 2.75) is 25.8 Å². The molecule has 0 aliphatic heterocycles. The van der Waals surface area contributed by atoms with Gasteiger partial charge < -0.3 is 15.0 Å². The molecule has 130 valence electrons. The highest BCUT2D eigenvalue weighted by Gasteiger charge is 2.21. The summed E-state index contributed by atoms with van der Waals surface area (Å²) in [6.45, 7) is 7.87. The number of carbonyl (C=O) groups is 1. The molecule has 0 unspecified atom stereocenters. The third-order valence-electron chi connectivity index (χ3n) is 2.73. The molecule has 23 heavy (non-hydrogen) atoms. The Balaban J connectivity index is 0.000000688. The van der Waals surface area contributed by atoms with Crippen molar-refractivity contribution in [3.8, 4) is 0 Å². The van der Waals surface area contributed by atoms with E-state index in [1.807, 2.05) is 18.2 Å². The van der Waals surface area contributed by atoms with Crippen LogP contribution in [0.1, 0.15) is 25.0 Å². The normalized spacial score (nSPS) is 11.2. The van der Waals surface area contributed by atoms with Gasteiger partial charge in [-0.2, -0.15) is 0 Å². The average molecular weight is 345 g/mol. The van der Waals surface area contributed by atoms with Crippen molar-refractivity contribution in [2.24, 2.45) is 0 Å². The Kier molecular flexibility index (Phi) is 8.70. The molecule has 0 saturated carbocycles. The van der Waals surface area contributed by atoms with Crippen molar-refractivity contribution >= 4 is 16.4 Å². The highest BCUT2D eigenvalue weighted by Crippen LogP contribution is 2.20. The van der Waals surface area contributed by atoms with Crippen molar-refractivity contribution in [3.05, 3.63) is 48.0 Å². The third-order valence-corrected chi connectivity index (χ3v) is 3.14. The van der Waals surface area contributed by atoms with E-state index in [1.165, 1.54) is 17.2 Å². The lowest BCUT2D eigenvalue weighted by molar-refractivity contribution is -0.475. The third kappa shape index (κ3) is 9.80. The van der Waals surface area contributed by atoms with Gasteiger partial charge in [0, 0.05) is 18.1 Å². The molecule has 7 nitrogen and oxygen atoms in total. The number of quaternary nitrogens is 1. The van der Waals surface area contributed by atoms with Gasteiger partial charge in [0.25, 0.3) is 0 Å². The summed E-state index contributed by atoms with van der Waals surface area (Å²) in [5.41, 5.74) is 6.36. The monoisotopic (exact) mass is 345 g/mol. The van der Waals surface area contributed by atoms with Crippen LogP contribution in [0.15, 0.2) is 36.9 Å². The first kappa shape index (κ1) is 21.3. The van der Waals surface area contributed by atoms with Crippen LogP contribution in [0.25, 0.3) is 0 Å². The minimum Gasteiger partial charge on any atom is -0.726 e. The van der Waals surface area contributed by atoms with Crippen LogP contribution in [0.4, 0.5) is 0 Å². The molecule has 0 atom stereocenters. The van der Waals surface area contributed by atoms with E-state index < -0.39 is 10.4 Å². The van der Waals surface area contributed by atoms with E-state index in [-0.39, 0.29) is 11.5 Å². The van der Waals surface area contributed by atoms with Crippen molar-refractivity contribution in [3.63, 3.8) is 0 Å². The summed E-state index contributed by atoms with van der Waals surface area (Å²) in [7, 11) is -3.60. The van der Waals surface area contributed by atoms with E-state index in [0.29, 0.717) is 13.0 Å². The van der Waals surface area contributed by atoms with Crippen molar-refractivity contribution < 1.29 is 32.4 Å². The molecule has 0 radical (unpaired) electrons. The molecule has 0 amide bonds. The maximum Gasteiger partial charge on any atom is 0.330 e. The topological polar surface area (TPSA) is 120 Å². The molecular formula is C15H23NO6S. The number of carbonyl (C=O) groups excluding carboxylic acids is 1. The average Bonchev–Trinajstić information content (AvgIpc) is 2.46. The van der Waals surface area contributed by atoms with Gasteiger partial charge in [-0.3, -0.25) is 4.18 Å². The van der Waals surface area contributed by atoms with Crippen LogP contribution in [-0.2, 0) is 36.1 Å². The molecule has 1 rings (SSSR count). The van der Waals surface area contributed by atoms with Gasteiger partial charge in [-0.15, -0.1) is 0 Å².